The fourth-order valence-corrected chi connectivity index (χ4v) is 2.03. The standard InChI is InChI=1S/C13H13N3O5/c17-10(14-8-3-4-8)7-16-12(19)11(18)15(13(16)20)6-9-2-1-5-21-9/h1-2,5,8H,3-4,6-7H2,(H,14,17). The summed E-state index contributed by atoms with van der Waals surface area (Å²) in [6.07, 6.45) is 3.21. The normalized spacial score (nSPS) is 18.6. The average molecular weight is 291 g/mol. The molecule has 0 bridgehead atoms. The minimum absolute atomic E-state index is 0.125. The Labute approximate surface area is 119 Å². The summed E-state index contributed by atoms with van der Waals surface area (Å²) in [6, 6.07) is 2.53. The van der Waals surface area contributed by atoms with Gasteiger partial charge in [0.2, 0.25) is 5.91 Å². The number of nitrogens with zero attached hydrogens (tertiary/aromatic N) is 2. The van der Waals surface area contributed by atoms with Crippen molar-refractivity contribution in [3.8, 4) is 0 Å². The Morgan fingerprint density at radius 1 is 1.24 bits per heavy atom. The van der Waals surface area contributed by atoms with Gasteiger partial charge in [0.1, 0.15) is 12.3 Å². The van der Waals surface area contributed by atoms with E-state index in [4.69, 9.17) is 4.42 Å². The van der Waals surface area contributed by atoms with Gasteiger partial charge < -0.3 is 9.73 Å². The summed E-state index contributed by atoms with van der Waals surface area (Å²) in [5.74, 6) is -1.99. The highest BCUT2D eigenvalue weighted by molar-refractivity contribution is 6.44. The highest BCUT2D eigenvalue weighted by atomic mass is 16.3. The van der Waals surface area contributed by atoms with Gasteiger partial charge in [-0.05, 0) is 25.0 Å². The molecule has 2 fully saturated rings. The van der Waals surface area contributed by atoms with Gasteiger partial charge in [-0.1, -0.05) is 0 Å². The summed E-state index contributed by atoms with van der Waals surface area (Å²) < 4.78 is 5.05. The van der Waals surface area contributed by atoms with E-state index in [2.05, 4.69) is 5.32 Å². The van der Waals surface area contributed by atoms with Crippen LogP contribution in [0, 0.1) is 0 Å². The maximum absolute atomic E-state index is 12.1. The van der Waals surface area contributed by atoms with Crippen LogP contribution in [0.25, 0.3) is 0 Å². The zero-order valence-corrected chi connectivity index (χ0v) is 11.1. The van der Waals surface area contributed by atoms with E-state index in [1.165, 1.54) is 6.26 Å². The molecule has 0 spiro atoms. The number of rotatable bonds is 5. The SMILES string of the molecule is O=C(CN1C(=O)C(=O)N(Cc2ccco2)C1=O)NC1CC1. The zero-order valence-electron chi connectivity index (χ0n) is 11.1. The molecule has 1 N–H and O–H groups in total. The molecule has 1 aromatic heterocycles. The Hall–Kier alpha value is -2.64. The fourth-order valence-electron chi connectivity index (χ4n) is 2.03. The van der Waals surface area contributed by atoms with Crippen LogP contribution in [-0.2, 0) is 20.9 Å². The van der Waals surface area contributed by atoms with Crippen LogP contribution in [0.3, 0.4) is 0 Å². The van der Waals surface area contributed by atoms with Crippen molar-refractivity contribution >= 4 is 23.8 Å². The molecule has 3 rings (SSSR count). The van der Waals surface area contributed by atoms with Crippen molar-refractivity contribution in [1.29, 1.82) is 0 Å². The van der Waals surface area contributed by atoms with Gasteiger partial charge in [-0.25, -0.2) is 14.6 Å². The molecule has 1 saturated heterocycles. The molecular weight excluding hydrogens is 278 g/mol. The predicted octanol–water partition coefficient (Wildman–Crippen LogP) is -0.151. The van der Waals surface area contributed by atoms with E-state index >= 15 is 0 Å². The summed E-state index contributed by atoms with van der Waals surface area (Å²) in [4.78, 5) is 48.8. The van der Waals surface area contributed by atoms with Crippen LogP contribution in [0.5, 0.6) is 0 Å². The van der Waals surface area contributed by atoms with E-state index in [-0.39, 0.29) is 12.6 Å². The first-order chi connectivity index (χ1) is 10.1. The third-order valence-corrected chi connectivity index (χ3v) is 3.27. The summed E-state index contributed by atoms with van der Waals surface area (Å²) in [7, 11) is 0. The molecule has 0 aromatic carbocycles. The second-order valence-corrected chi connectivity index (χ2v) is 4.99. The van der Waals surface area contributed by atoms with Crippen molar-refractivity contribution in [2.24, 2.45) is 0 Å². The van der Waals surface area contributed by atoms with Crippen LogP contribution in [0.2, 0.25) is 0 Å². The topological polar surface area (TPSA) is 99.9 Å². The van der Waals surface area contributed by atoms with Crippen molar-refractivity contribution in [2.45, 2.75) is 25.4 Å². The van der Waals surface area contributed by atoms with E-state index in [9.17, 15) is 19.2 Å². The number of carbonyl (C=O) groups excluding carboxylic acids is 4. The lowest BCUT2D eigenvalue weighted by atomic mass is 10.4. The van der Waals surface area contributed by atoms with Crippen molar-refractivity contribution < 1.29 is 23.6 Å². The summed E-state index contributed by atoms with van der Waals surface area (Å²) >= 11 is 0. The minimum atomic E-state index is -0.988. The van der Waals surface area contributed by atoms with Crippen LogP contribution < -0.4 is 5.32 Å². The third-order valence-electron chi connectivity index (χ3n) is 3.27. The van der Waals surface area contributed by atoms with E-state index in [1.807, 2.05) is 0 Å². The molecule has 1 aliphatic carbocycles. The van der Waals surface area contributed by atoms with Crippen molar-refractivity contribution in [1.82, 2.24) is 15.1 Å². The number of imide groups is 2. The van der Waals surface area contributed by atoms with Crippen LogP contribution in [0.15, 0.2) is 22.8 Å². The molecule has 2 heterocycles. The molecule has 0 unspecified atom stereocenters. The van der Waals surface area contributed by atoms with E-state index in [1.54, 1.807) is 12.1 Å². The van der Waals surface area contributed by atoms with E-state index < -0.39 is 30.3 Å². The van der Waals surface area contributed by atoms with Gasteiger partial charge in [-0.2, -0.15) is 0 Å². The van der Waals surface area contributed by atoms with Crippen molar-refractivity contribution in [3.05, 3.63) is 24.2 Å². The van der Waals surface area contributed by atoms with E-state index in [0.29, 0.717) is 10.7 Å². The van der Waals surface area contributed by atoms with Gasteiger partial charge in [-0.15, -0.1) is 0 Å². The Balaban J connectivity index is 1.67. The third kappa shape index (κ3) is 2.64. The first kappa shape index (κ1) is 13.3. The fraction of sp³-hybridized carbons (Fsp3) is 0.385. The molecule has 1 aromatic rings. The molecule has 110 valence electrons. The van der Waals surface area contributed by atoms with Crippen LogP contribution in [0.4, 0.5) is 4.79 Å². The highest BCUT2D eigenvalue weighted by Gasteiger charge is 2.45. The van der Waals surface area contributed by atoms with Gasteiger partial charge >= 0.3 is 17.8 Å². The van der Waals surface area contributed by atoms with Crippen LogP contribution in [0.1, 0.15) is 18.6 Å². The Morgan fingerprint density at radius 2 is 1.95 bits per heavy atom. The Kier molecular flexibility index (Phi) is 3.20. The van der Waals surface area contributed by atoms with Crippen LogP contribution >= 0.6 is 0 Å². The number of hydrogen-bond donors (Lipinski definition) is 1. The molecule has 21 heavy (non-hydrogen) atoms. The molecule has 0 radical (unpaired) electrons. The summed E-state index contributed by atoms with van der Waals surface area (Å²) in [6.45, 7) is -0.564. The minimum Gasteiger partial charge on any atom is -0.467 e. The molecule has 5 amide bonds. The predicted molar refractivity (Wildman–Crippen MR) is 67.5 cm³/mol. The number of carbonyl (C=O) groups is 4. The lowest BCUT2D eigenvalue weighted by Gasteiger charge is -2.14. The maximum atomic E-state index is 12.1. The van der Waals surface area contributed by atoms with Crippen molar-refractivity contribution in [2.75, 3.05) is 6.54 Å². The van der Waals surface area contributed by atoms with E-state index in [0.717, 1.165) is 17.7 Å². The lowest BCUT2D eigenvalue weighted by molar-refractivity contribution is -0.144. The van der Waals surface area contributed by atoms with Crippen LogP contribution in [-0.4, -0.2) is 46.1 Å². The zero-order chi connectivity index (χ0) is 15.0. The highest BCUT2D eigenvalue weighted by Crippen LogP contribution is 2.19. The molecular formula is C13H13N3O5. The Bertz CT molecular complexity index is 605. The number of furan rings is 1. The first-order valence-corrected chi connectivity index (χ1v) is 6.55. The molecule has 0 atom stereocenters. The quantitative estimate of drug-likeness (QED) is 0.600. The maximum Gasteiger partial charge on any atom is 0.335 e. The second kappa shape index (κ2) is 5.04. The van der Waals surface area contributed by atoms with Gasteiger partial charge in [0.05, 0.1) is 12.8 Å². The first-order valence-electron chi connectivity index (χ1n) is 6.55. The van der Waals surface area contributed by atoms with Crippen molar-refractivity contribution in [3.63, 3.8) is 0 Å². The van der Waals surface area contributed by atoms with Gasteiger partial charge in [0.25, 0.3) is 0 Å². The van der Waals surface area contributed by atoms with Gasteiger partial charge in [0.15, 0.2) is 0 Å². The van der Waals surface area contributed by atoms with Gasteiger partial charge in [-0.3, -0.25) is 14.4 Å². The summed E-state index contributed by atoms with van der Waals surface area (Å²) in [5, 5.41) is 2.66. The summed E-state index contributed by atoms with van der Waals surface area (Å²) in [5.41, 5.74) is 0. The Morgan fingerprint density at radius 3 is 2.57 bits per heavy atom. The number of amides is 5. The second-order valence-electron chi connectivity index (χ2n) is 4.99. The molecule has 1 saturated carbocycles. The average Bonchev–Trinajstić information content (AvgIpc) is 3.07. The molecule has 8 heteroatoms. The molecule has 8 nitrogen and oxygen atoms in total. The molecule has 2 aliphatic rings. The monoisotopic (exact) mass is 291 g/mol. The number of hydrogen-bond acceptors (Lipinski definition) is 5. The molecule has 1 aliphatic heterocycles. The van der Waals surface area contributed by atoms with Gasteiger partial charge in [0, 0.05) is 6.04 Å². The number of urea groups is 1. The number of nitrogens with one attached hydrogen (secondary N) is 1. The lowest BCUT2D eigenvalue weighted by Crippen LogP contribution is -2.42. The largest absolute Gasteiger partial charge is 0.467 e. The smallest absolute Gasteiger partial charge is 0.335 e.